The molecule has 5 nitrogen and oxygen atoms in total. The number of esters is 1. The van der Waals surface area contributed by atoms with Crippen molar-refractivity contribution in [2.45, 2.75) is 12.5 Å². The van der Waals surface area contributed by atoms with E-state index in [1.54, 1.807) is 36.7 Å². The molecule has 3 rings (SSSR count). The van der Waals surface area contributed by atoms with Crippen LogP contribution >= 0.6 is 0 Å². The normalized spacial score (nSPS) is 17.0. The lowest BCUT2D eigenvalue weighted by atomic mass is 9.98. The monoisotopic (exact) mass is 268 g/mol. The molecule has 1 N–H and O–H groups in total. The molecule has 1 aromatic heterocycles. The van der Waals surface area contributed by atoms with Crippen LogP contribution in [0.2, 0.25) is 0 Å². The van der Waals surface area contributed by atoms with Crippen molar-refractivity contribution in [3.05, 3.63) is 59.9 Å². The Morgan fingerprint density at radius 3 is 2.75 bits per heavy atom. The third-order valence-corrected chi connectivity index (χ3v) is 3.13. The first-order chi connectivity index (χ1) is 9.74. The summed E-state index contributed by atoms with van der Waals surface area (Å²) in [4.78, 5) is 27.8. The minimum absolute atomic E-state index is 0.334. The van der Waals surface area contributed by atoms with E-state index in [4.69, 9.17) is 4.74 Å². The molecule has 1 aliphatic heterocycles. The van der Waals surface area contributed by atoms with Gasteiger partial charge in [-0.15, -0.1) is 0 Å². The molecule has 0 aliphatic carbocycles. The molecule has 5 heteroatoms. The zero-order valence-electron chi connectivity index (χ0n) is 10.6. The molecular weight excluding hydrogens is 256 g/mol. The third kappa shape index (κ3) is 2.38. The maximum absolute atomic E-state index is 12.1. The molecular formula is C15H12N2O3. The SMILES string of the molecule is O=C1O[C@H](C(=O)Nc2ccncc2)Cc2ccccc21. The molecule has 1 aromatic carbocycles. The fraction of sp³-hybridized carbons (Fsp3) is 0.133. The van der Waals surface area contributed by atoms with E-state index in [-0.39, 0.29) is 5.91 Å². The van der Waals surface area contributed by atoms with E-state index >= 15 is 0 Å². The van der Waals surface area contributed by atoms with Gasteiger partial charge in [0.1, 0.15) is 0 Å². The Bertz CT molecular complexity index is 655. The van der Waals surface area contributed by atoms with Crippen LogP contribution in [0.15, 0.2) is 48.8 Å². The Labute approximate surface area is 115 Å². The molecule has 0 spiro atoms. The van der Waals surface area contributed by atoms with E-state index in [0.717, 1.165) is 5.56 Å². The number of aromatic nitrogens is 1. The maximum Gasteiger partial charge on any atom is 0.339 e. The summed E-state index contributed by atoms with van der Waals surface area (Å²) >= 11 is 0. The zero-order valence-corrected chi connectivity index (χ0v) is 10.6. The van der Waals surface area contributed by atoms with Crippen LogP contribution in [0.4, 0.5) is 5.69 Å². The summed E-state index contributed by atoms with van der Waals surface area (Å²) in [5, 5.41) is 2.71. The number of cyclic esters (lactones) is 1. The number of hydrogen-bond donors (Lipinski definition) is 1. The smallest absolute Gasteiger partial charge is 0.339 e. The Kier molecular flexibility index (Phi) is 3.16. The highest BCUT2D eigenvalue weighted by molar-refractivity contribution is 5.99. The van der Waals surface area contributed by atoms with Gasteiger partial charge in [0.25, 0.3) is 5.91 Å². The van der Waals surface area contributed by atoms with Crippen molar-refractivity contribution in [1.29, 1.82) is 0 Å². The molecule has 1 aliphatic rings. The molecule has 0 bridgehead atoms. The Morgan fingerprint density at radius 1 is 1.20 bits per heavy atom. The van der Waals surface area contributed by atoms with Gasteiger partial charge in [-0.1, -0.05) is 18.2 Å². The van der Waals surface area contributed by atoms with Crippen LogP contribution in [0, 0.1) is 0 Å². The van der Waals surface area contributed by atoms with Gasteiger partial charge in [0.05, 0.1) is 5.56 Å². The van der Waals surface area contributed by atoms with E-state index in [0.29, 0.717) is 17.7 Å². The van der Waals surface area contributed by atoms with Gasteiger partial charge in [-0.25, -0.2) is 4.79 Å². The molecule has 20 heavy (non-hydrogen) atoms. The second-order valence-electron chi connectivity index (χ2n) is 4.48. The summed E-state index contributed by atoms with van der Waals surface area (Å²) in [6.45, 7) is 0. The van der Waals surface area contributed by atoms with Crippen LogP contribution in [-0.2, 0) is 16.0 Å². The van der Waals surface area contributed by atoms with E-state index in [2.05, 4.69) is 10.3 Å². The summed E-state index contributed by atoms with van der Waals surface area (Å²) in [5.74, 6) is -0.791. The number of carbonyl (C=O) groups excluding carboxylic acids is 2. The second kappa shape index (κ2) is 5.13. The summed E-state index contributed by atoms with van der Waals surface area (Å²) in [6, 6.07) is 10.5. The van der Waals surface area contributed by atoms with Crippen LogP contribution < -0.4 is 5.32 Å². The maximum atomic E-state index is 12.1. The van der Waals surface area contributed by atoms with E-state index in [1.165, 1.54) is 0 Å². The number of pyridine rings is 1. The van der Waals surface area contributed by atoms with Crippen molar-refractivity contribution in [1.82, 2.24) is 4.98 Å². The van der Waals surface area contributed by atoms with Crippen LogP contribution in [0.1, 0.15) is 15.9 Å². The topological polar surface area (TPSA) is 68.3 Å². The third-order valence-electron chi connectivity index (χ3n) is 3.13. The second-order valence-corrected chi connectivity index (χ2v) is 4.48. The lowest BCUT2D eigenvalue weighted by Gasteiger charge is -2.23. The fourth-order valence-electron chi connectivity index (χ4n) is 2.14. The summed E-state index contributed by atoms with van der Waals surface area (Å²) < 4.78 is 5.18. The number of nitrogens with zero attached hydrogens (tertiary/aromatic N) is 1. The van der Waals surface area contributed by atoms with Gasteiger partial charge in [0.15, 0.2) is 6.10 Å². The summed E-state index contributed by atoms with van der Waals surface area (Å²) in [6.07, 6.45) is 2.75. The summed E-state index contributed by atoms with van der Waals surface area (Å²) in [5.41, 5.74) is 1.99. The van der Waals surface area contributed by atoms with Crippen molar-refractivity contribution in [2.75, 3.05) is 5.32 Å². The quantitative estimate of drug-likeness (QED) is 0.843. The Morgan fingerprint density at radius 2 is 1.95 bits per heavy atom. The zero-order chi connectivity index (χ0) is 13.9. The van der Waals surface area contributed by atoms with Crippen LogP contribution in [-0.4, -0.2) is 23.0 Å². The number of carbonyl (C=O) groups is 2. The van der Waals surface area contributed by atoms with Gasteiger partial charge in [-0.05, 0) is 23.8 Å². The Hall–Kier alpha value is -2.69. The number of rotatable bonds is 2. The van der Waals surface area contributed by atoms with Crippen molar-refractivity contribution < 1.29 is 14.3 Å². The number of hydrogen-bond acceptors (Lipinski definition) is 4. The van der Waals surface area contributed by atoms with Gasteiger partial charge >= 0.3 is 5.97 Å². The van der Waals surface area contributed by atoms with E-state index in [9.17, 15) is 9.59 Å². The molecule has 0 radical (unpaired) electrons. The fourth-order valence-corrected chi connectivity index (χ4v) is 2.14. The summed E-state index contributed by atoms with van der Waals surface area (Å²) in [7, 11) is 0. The highest BCUT2D eigenvalue weighted by Crippen LogP contribution is 2.21. The molecule has 0 unspecified atom stereocenters. The van der Waals surface area contributed by atoms with E-state index in [1.807, 2.05) is 12.1 Å². The molecule has 0 fully saturated rings. The lowest BCUT2D eigenvalue weighted by molar-refractivity contribution is -0.125. The minimum Gasteiger partial charge on any atom is -0.448 e. The highest BCUT2D eigenvalue weighted by atomic mass is 16.5. The van der Waals surface area contributed by atoms with Gasteiger partial charge in [-0.2, -0.15) is 0 Å². The van der Waals surface area contributed by atoms with Gasteiger partial charge in [-0.3, -0.25) is 9.78 Å². The predicted molar refractivity (Wildman–Crippen MR) is 72.2 cm³/mol. The predicted octanol–water partition coefficient (Wildman–Crippen LogP) is 1.80. The van der Waals surface area contributed by atoms with Crippen LogP contribution in [0.5, 0.6) is 0 Å². The highest BCUT2D eigenvalue weighted by Gasteiger charge is 2.30. The van der Waals surface area contributed by atoms with Crippen molar-refractivity contribution in [3.63, 3.8) is 0 Å². The number of nitrogens with one attached hydrogen (secondary N) is 1. The average molecular weight is 268 g/mol. The Balaban J connectivity index is 1.76. The first kappa shape index (κ1) is 12.3. The molecule has 1 amide bonds. The van der Waals surface area contributed by atoms with Crippen molar-refractivity contribution in [3.8, 4) is 0 Å². The lowest BCUT2D eigenvalue weighted by Crippen LogP contribution is -2.37. The molecule has 0 saturated heterocycles. The number of amides is 1. The van der Waals surface area contributed by atoms with E-state index < -0.39 is 12.1 Å². The minimum atomic E-state index is -0.800. The van der Waals surface area contributed by atoms with Gasteiger partial charge in [0, 0.05) is 24.5 Å². The largest absolute Gasteiger partial charge is 0.448 e. The van der Waals surface area contributed by atoms with Crippen LogP contribution in [0.25, 0.3) is 0 Å². The number of benzene rings is 1. The first-order valence-corrected chi connectivity index (χ1v) is 6.24. The first-order valence-electron chi connectivity index (χ1n) is 6.24. The van der Waals surface area contributed by atoms with Gasteiger partial charge < -0.3 is 10.1 Å². The van der Waals surface area contributed by atoms with Crippen molar-refractivity contribution >= 4 is 17.6 Å². The number of fused-ring (bicyclic) bond motifs is 1. The molecule has 0 saturated carbocycles. The molecule has 100 valence electrons. The molecule has 2 heterocycles. The van der Waals surface area contributed by atoms with Gasteiger partial charge in [0.2, 0.25) is 0 Å². The van der Waals surface area contributed by atoms with Crippen LogP contribution in [0.3, 0.4) is 0 Å². The van der Waals surface area contributed by atoms with Crippen molar-refractivity contribution in [2.24, 2.45) is 0 Å². The number of ether oxygens (including phenoxy) is 1. The average Bonchev–Trinajstić information content (AvgIpc) is 2.48. The standard InChI is InChI=1S/C15H12N2O3/c18-14(17-11-5-7-16-8-6-11)13-9-10-3-1-2-4-12(10)15(19)20-13/h1-8,13H,9H2,(H,16,17,18)/t13-/m0/s1. The molecule has 1 atom stereocenters. The number of anilines is 1. The molecule has 2 aromatic rings.